The molecule has 3 aliphatic rings. The number of hydrogen-bond donors (Lipinski definition) is 0. The summed E-state index contributed by atoms with van der Waals surface area (Å²) in [6.45, 7) is 2.39. The van der Waals surface area contributed by atoms with Gasteiger partial charge in [0, 0.05) is 49.1 Å². The molecule has 2 heterocycles. The largest absolute Gasteiger partial charge is 0.456 e. The molecule has 0 bridgehead atoms. The normalized spacial score (nSPS) is 17.0. The van der Waals surface area contributed by atoms with Crippen molar-refractivity contribution in [3.05, 3.63) is 232 Å². The van der Waals surface area contributed by atoms with Gasteiger partial charge in [0.25, 0.3) is 0 Å². The summed E-state index contributed by atoms with van der Waals surface area (Å²) in [5.41, 5.74) is 13.5. The monoisotopic (exact) mass is 781 g/mol. The number of benzene rings is 8. The van der Waals surface area contributed by atoms with Crippen LogP contribution in [0.2, 0.25) is 5.02 Å². The SMILES string of the molecule is CC1(N(c2ccccc2)c2ccc3c(c2)Sc2cc(Cl)ccc2C32c3ccccc3-c3ccccc32)C=C(c2ccc3ccccc3c2)c2oc3ccccc3c2C1. The third-order valence-electron chi connectivity index (χ3n) is 12.7. The fourth-order valence-corrected chi connectivity index (χ4v) is 11.8. The summed E-state index contributed by atoms with van der Waals surface area (Å²) in [6.07, 6.45) is 3.22. The van der Waals surface area contributed by atoms with Crippen molar-refractivity contribution < 1.29 is 4.42 Å². The van der Waals surface area contributed by atoms with Gasteiger partial charge in [0.15, 0.2) is 0 Å². The lowest BCUT2D eigenvalue weighted by Gasteiger charge is -2.45. The van der Waals surface area contributed by atoms with Gasteiger partial charge in [0.1, 0.15) is 11.3 Å². The van der Waals surface area contributed by atoms with Gasteiger partial charge in [-0.25, -0.2) is 0 Å². The zero-order chi connectivity index (χ0) is 38.6. The molecule has 0 fully saturated rings. The van der Waals surface area contributed by atoms with E-state index < -0.39 is 11.0 Å². The molecule has 9 aromatic rings. The number of halogens is 1. The maximum atomic E-state index is 6.81. The molecule has 12 rings (SSSR count). The fourth-order valence-electron chi connectivity index (χ4n) is 10.3. The van der Waals surface area contributed by atoms with Crippen molar-refractivity contribution in [2.45, 2.75) is 34.1 Å². The third-order valence-corrected chi connectivity index (χ3v) is 14.0. The van der Waals surface area contributed by atoms with Crippen molar-refractivity contribution in [2.24, 2.45) is 0 Å². The van der Waals surface area contributed by atoms with E-state index >= 15 is 0 Å². The third kappa shape index (κ3) is 4.81. The number of anilines is 2. The van der Waals surface area contributed by atoms with Crippen molar-refractivity contribution in [3.8, 4) is 11.1 Å². The Morgan fingerprint density at radius 2 is 1.22 bits per heavy atom. The molecule has 1 spiro atoms. The van der Waals surface area contributed by atoms with Crippen molar-refractivity contribution in [3.63, 3.8) is 0 Å². The van der Waals surface area contributed by atoms with Crippen LogP contribution >= 0.6 is 23.4 Å². The Bertz CT molecular complexity index is 3130. The van der Waals surface area contributed by atoms with Crippen LogP contribution in [-0.4, -0.2) is 5.54 Å². The number of furan rings is 1. The smallest absolute Gasteiger partial charge is 0.139 e. The first kappa shape index (κ1) is 33.8. The molecule has 2 nitrogen and oxygen atoms in total. The first-order valence-corrected chi connectivity index (χ1v) is 21.1. The lowest BCUT2D eigenvalue weighted by Crippen LogP contribution is -2.45. The van der Waals surface area contributed by atoms with E-state index in [0.717, 1.165) is 50.7 Å². The summed E-state index contributed by atoms with van der Waals surface area (Å²) in [4.78, 5) is 4.97. The van der Waals surface area contributed by atoms with Gasteiger partial charge in [-0.3, -0.25) is 0 Å². The second-order valence-electron chi connectivity index (χ2n) is 16.0. The highest BCUT2D eigenvalue weighted by Gasteiger charge is 2.50. The Balaban J connectivity index is 1.10. The van der Waals surface area contributed by atoms with Crippen LogP contribution < -0.4 is 4.90 Å². The molecule has 0 radical (unpaired) electrons. The molecule has 1 aromatic heterocycles. The van der Waals surface area contributed by atoms with Gasteiger partial charge >= 0.3 is 0 Å². The number of hydrogen-bond acceptors (Lipinski definition) is 3. The van der Waals surface area contributed by atoms with Gasteiger partial charge in [0.05, 0.1) is 11.0 Å². The molecule has 276 valence electrons. The van der Waals surface area contributed by atoms with Crippen LogP contribution in [0.15, 0.2) is 202 Å². The Hall–Kier alpha value is -6.26. The molecular weight excluding hydrogens is 746 g/mol. The van der Waals surface area contributed by atoms with Gasteiger partial charge in [-0.2, -0.15) is 0 Å². The van der Waals surface area contributed by atoms with Gasteiger partial charge in [-0.15, -0.1) is 0 Å². The highest BCUT2D eigenvalue weighted by Crippen LogP contribution is 2.63. The van der Waals surface area contributed by atoms with E-state index in [4.69, 9.17) is 16.0 Å². The van der Waals surface area contributed by atoms with Crippen LogP contribution in [0.25, 0.3) is 38.4 Å². The zero-order valence-electron chi connectivity index (χ0n) is 31.7. The van der Waals surface area contributed by atoms with Crippen molar-refractivity contribution in [2.75, 3.05) is 4.90 Å². The van der Waals surface area contributed by atoms with Crippen LogP contribution in [0, 0.1) is 0 Å². The first-order valence-electron chi connectivity index (χ1n) is 19.9. The zero-order valence-corrected chi connectivity index (χ0v) is 33.3. The predicted molar refractivity (Wildman–Crippen MR) is 241 cm³/mol. The summed E-state index contributed by atoms with van der Waals surface area (Å²) in [5, 5.41) is 4.34. The Labute approximate surface area is 347 Å². The molecule has 2 aliphatic carbocycles. The fraction of sp³-hybridized carbons (Fsp3) is 0.0741. The highest BCUT2D eigenvalue weighted by molar-refractivity contribution is 7.99. The molecule has 0 amide bonds. The van der Waals surface area contributed by atoms with Crippen LogP contribution in [0.4, 0.5) is 11.4 Å². The average molecular weight is 782 g/mol. The van der Waals surface area contributed by atoms with Crippen LogP contribution in [0.1, 0.15) is 46.1 Å². The van der Waals surface area contributed by atoms with Gasteiger partial charge in [-0.05, 0) is 111 Å². The van der Waals surface area contributed by atoms with Crippen molar-refractivity contribution in [1.82, 2.24) is 0 Å². The van der Waals surface area contributed by atoms with Crippen LogP contribution in [0.3, 0.4) is 0 Å². The van der Waals surface area contributed by atoms with E-state index in [9.17, 15) is 0 Å². The van der Waals surface area contributed by atoms with E-state index in [1.807, 2.05) is 11.8 Å². The van der Waals surface area contributed by atoms with Gasteiger partial charge in [0.2, 0.25) is 0 Å². The number of rotatable bonds is 4. The standard InChI is InChI=1S/C54H36ClNOS/c1-53(32-43(36-24-23-34-13-5-6-14-35(34)29-36)52-44(33-53)42-19-9-12-22-49(42)57-52)56(38-15-3-2-4-16-38)39-26-28-48-51(31-39)58-50-30-37(55)25-27-47(50)54(48)45-20-10-7-17-40(45)41-18-8-11-21-46(41)54/h2-32H,33H2,1H3. The van der Waals surface area contributed by atoms with E-state index in [2.05, 4.69) is 200 Å². The van der Waals surface area contributed by atoms with Crippen LogP contribution in [-0.2, 0) is 11.8 Å². The second kappa shape index (κ2) is 12.6. The van der Waals surface area contributed by atoms with Crippen molar-refractivity contribution >= 4 is 62.1 Å². The minimum absolute atomic E-state index is 0.480. The van der Waals surface area contributed by atoms with Crippen molar-refractivity contribution in [1.29, 1.82) is 0 Å². The summed E-state index contributed by atoms with van der Waals surface area (Å²) < 4.78 is 6.78. The van der Waals surface area contributed by atoms with Gasteiger partial charge < -0.3 is 9.32 Å². The summed E-state index contributed by atoms with van der Waals surface area (Å²) in [5.74, 6) is 0.956. The predicted octanol–water partition coefficient (Wildman–Crippen LogP) is 14.7. The van der Waals surface area contributed by atoms with E-state index in [0.29, 0.717) is 0 Å². The maximum absolute atomic E-state index is 6.81. The molecular formula is C54H36ClNOS. The number of nitrogens with zero attached hydrogens (tertiary/aromatic N) is 1. The Kier molecular flexibility index (Phi) is 7.36. The lowest BCUT2D eigenvalue weighted by molar-refractivity contribution is 0.531. The second-order valence-corrected chi connectivity index (χ2v) is 17.5. The molecule has 1 unspecified atom stereocenters. The molecule has 0 saturated carbocycles. The minimum atomic E-state index is -0.485. The number of para-hydroxylation sites is 2. The van der Waals surface area contributed by atoms with E-state index in [1.54, 1.807) is 0 Å². The summed E-state index contributed by atoms with van der Waals surface area (Å²) >= 11 is 8.64. The summed E-state index contributed by atoms with van der Waals surface area (Å²) in [6, 6.07) is 66.3. The molecule has 58 heavy (non-hydrogen) atoms. The molecule has 0 saturated heterocycles. The molecule has 0 N–H and O–H groups in total. The molecule has 1 aliphatic heterocycles. The Morgan fingerprint density at radius 1 is 0.569 bits per heavy atom. The molecule has 1 atom stereocenters. The first-order chi connectivity index (χ1) is 28.5. The highest BCUT2D eigenvalue weighted by atomic mass is 35.5. The lowest BCUT2D eigenvalue weighted by atomic mass is 9.67. The average Bonchev–Trinajstić information content (AvgIpc) is 3.77. The number of fused-ring (bicyclic) bond motifs is 13. The molecule has 4 heteroatoms. The van der Waals surface area contributed by atoms with Crippen LogP contribution in [0.5, 0.6) is 0 Å². The van der Waals surface area contributed by atoms with Gasteiger partial charge in [-0.1, -0.05) is 157 Å². The molecule has 8 aromatic carbocycles. The quantitative estimate of drug-likeness (QED) is 0.177. The maximum Gasteiger partial charge on any atom is 0.139 e. The van der Waals surface area contributed by atoms with E-state index in [1.165, 1.54) is 59.5 Å². The Morgan fingerprint density at radius 3 is 2.02 bits per heavy atom. The minimum Gasteiger partial charge on any atom is -0.456 e. The van der Waals surface area contributed by atoms with E-state index in [-0.39, 0.29) is 0 Å². The summed E-state index contributed by atoms with van der Waals surface area (Å²) in [7, 11) is 0. The topological polar surface area (TPSA) is 16.4 Å².